The van der Waals surface area contributed by atoms with Crippen LogP contribution in [0.5, 0.6) is 0 Å². The van der Waals surface area contributed by atoms with Crippen LogP contribution >= 0.6 is 24.0 Å². The van der Waals surface area contributed by atoms with E-state index < -0.39 is 0 Å². The summed E-state index contributed by atoms with van der Waals surface area (Å²) in [5, 5.41) is 6.90. The van der Waals surface area contributed by atoms with Gasteiger partial charge in [-0.1, -0.05) is 37.3 Å². The fraction of sp³-hybridized carbons (Fsp3) is 0.650. The average Bonchev–Trinajstić information content (AvgIpc) is 2.68. The van der Waals surface area contributed by atoms with Crippen LogP contribution in [0.3, 0.4) is 0 Å². The number of benzene rings is 1. The Morgan fingerprint density at radius 2 is 1.81 bits per heavy atom. The van der Waals surface area contributed by atoms with Crippen LogP contribution in [-0.4, -0.2) is 74.7 Å². The lowest BCUT2D eigenvalue weighted by Crippen LogP contribution is -2.53. The molecule has 1 fully saturated rings. The van der Waals surface area contributed by atoms with E-state index >= 15 is 0 Å². The maximum Gasteiger partial charge on any atom is 0.191 e. The number of halogens is 1. The molecule has 0 spiro atoms. The monoisotopic (exact) mass is 473 g/mol. The van der Waals surface area contributed by atoms with Gasteiger partial charge in [0, 0.05) is 52.4 Å². The van der Waals surface area contributed by atoms with Crippen LogP contribution in [-0.2, 0) is 6.42 Å². The topological polar surface area (TPSA) is 42.9 Å². The van der Waals surface area contributed by atoms with Crippen molar-refractivity contribution in [3.8, 4) is 0 Å². The van der Waals surface area contributed by atoms with E-state index in [9.17, 15) is 0 Å². The number of rotatable bonds is 8. The molecular formula is C20H36IN5. The zero-order chi connectivity index (χ0) is 17.9. The molecule has 1 aliphatic rings. The minimum absolute atomic E-state index is 0. The number of nitrogens with zero attached hydrogens (tertiary/aromatic N) is 3. The molecule has 148 valence electrons. The lowest BCUT2D eigenvalue weighted by atomic mass is 10.1. The molecule has 2 N–H and O–H groups in total. The molecule has 1 heterocycles. The SMILES string of the molecule is CCN1CCN(C(C)CNC(=NC)NCCCc2ccccc2)CC1.I. The van der Waals surface area contributed by atoms with Crippen molar-refractivity contribution in [3.05, 3.63) is 35.9 Å². The normalized spacial score (nSPS) is 17.4. The van der Waals surface area contributed by atoms with Crippen molar-refractivity contribution in [2.75, 3.05) is 52.9 Å². The predicted molar refractivity (Wildman–Crippen MR) is 123 cm³/mol. The van der Waals surface area contributed by atoms with Crippen molar-refractivity contribution in [1.82, 2.24) is 20.4 Å². The lowest BCUT2D eigenvalue weighted by molar-refractivity contribution is 0.107. The Balaban J connectivity index is 0.00000338. The van der Waals surface area contributed by atoms with Gasteiger partial charge in [0.25, 0.3) is 0 Å². The van der Waals surface area contributed by atoms with Crippen molar-refractivity contribution in [3.63, 3.8) is 0 Å². The summed E-state index contributed by atoms with van der Waals surface area (Å²) in [5.41, 5.74) is 1.40. The molecule has 0 saturated carbocycles. The van der Waals surface area contributed by atoms with Gasteiger partial charge in [-0.15, -0.1) is 24.0 Å². The summed E-state index contributed by atoms with van der Waals surface area (Å²) in [6.07, 6.45) is 2.21. The third kappa shape index (κ3) is 8.22. The van der Waals surface area contributed by atoms with E-state index in [1.165, 1.54) is 38.3 Å². The number of likely N-dealkylation sites (N-methyl/N-ethyl adjacent to an activating group) is 1. The second-order valence-corrected chi connectivity index (χ2v) is 6.79. The number of aryl methyl sites for hydroxylation is 1. The van der Waals surface area contributed by atoms with Gasteiger partial charge < -0.3 is 15.5 Å². The molecule has 1 unspecified atom stereocenters. The first-order chi connectivity index (χ1) is 12.2. The summed E-state index contributed by atoms with van der Waals surface area (Å²) in [6.45, 7) is 12.3. The van der Waals surface area contributed by atoms with Crippen molar-refractivity contribution in [2.45, 2.75) is 32.7 Å². The van der Waals surface area contributed by atoms with E-state index in [1.807, 2.05) is 7.05 Å². The number of piperazine rings is 1. The van der Waals surface area contributed by atoms with Gasteiger partial charge in [0.2, 0.25) is 0 Å². The molecule has 26 heavy (non-hydrogen) atoms. The van der Waals surface area contributed by atoms with Gasteiger partial charge in [-0.25, -0.2) is 0 Å². The number of guanidine groups is 1. The van der Waals surface area contributed by atoms with E-state index in [1.54, 1.807) is 0 Å². The Morgan fingerprint density at radius 3 is 2.42 bits per heavy atom. The first-order valence-electron chi connectivity index (χ1n) is 9.67. The number of hydrogen-bond acceptors (Lipinski definition) is 3. The Bertz CT molecular complexity index is 500. The largest absolute Gasteiger partial charge is 0.356 e. The zero-order valence-corrected chi connectivity index (χ0v) is 18.9. The van der Waals surface area contributed by atoms with Gasteiger partial charge in [0.1, 0.15) is 0 Å². The highest BCUT2D eigenvalue weighted by Gasteiger charge is 2.20. The van der Waals surface area contributed by atoms with Crippen molar-refractivity contribution in [2.24, 2.45) is 4.99 Å². The summed E-state index contributed by atoms with van der Waals surface area (Å²) in [4.78, 5) is 9.43. The first kappa shape index (κ1) is 23.2. The highest BCUT2D eigenvalue weighted by atomic mass is 127. The van der Waals surface area contributed by atoms with Crippen molar-refractivity contribution < 1.29 is 0 Å². The molecule has 2 rings (SSSR count). The third-order valence-electron chi connectivity index (χ3n) is 5.04. The Hall–Kier alpha value is -0.860. The second kappa shape index (κ2) is 13.3. The zero-order valence-electron chi connectivity index (χ0n) is 16.6. The van der Waals surface area contributed by atoms with Crippen LogP contribution in [0.2, 0.25) is 0 Å². The smallest absolute Gasteiger partial charge is 0.191 e. The molecule has 0 radical (unpaired) electrons. The Morgan fingerprint density at radius 1 is 1.12 bits per heavy atom. The maximum atomic E-state index is 4.34. The van der Waals surface area contributed by atoms with E-state index in [0.717, 1.165) is 31.9 Å². The van der Waals surface area contributed by atoms with Crippen LogP contribution in [0, 0.1) is 0 Å². The van der Waals surface area contributed by atoms with Crippen LogP contribution in [0.1, 0.15) is 25.8 Å². The molecule has 1 aromatic rings. The summed E-state index contributed by atoms with van der Waals surface area (Å²) in [7, 11) is 1.84. The van der Waals surface area contributed by atoms with Gasteiger partial charge in [-0.05, 0) is 31.9 Å². The van der Waals surface area contributed by atoms with Gasteiger partial charge in [-0.2, -0.15) is 0 Å². The van der Waals surface area contributed by atoms with Crippen LogP contribution in [0.4, 0.5) is 0 Å². The highest BCUT2D eigenvalue weighted by Crippen LogP contribution is 2.05. The van der Waals surface area contributed by atoms with E-state index in [-0.39, 0.29) is 24.0 Å². The molecule has 0 aliphatic carbocycles. The Kier molecular flexibility index (Phi) is 11.9. The van der Waals surface area contributed by atoms with Crippen LogP contribution in [0.15, 0.2) is 35.3 Å². The van der Waals surface area contributed by atoms with Gasteiger partial charge in [-0.3, -0.25) is 9.89 Å². The molecule has 0 bridgehead atoms. The summed E-state index contributed by atoms with van der Waals surface area (Å²) in [6, 6.07) is 11.2. The van der Waals surface area contributed by atoms with Gasteiger partial charge >= 0.3 is 0 Å². The Labute approximate surface area is 176 Å². The molecule has 6 heteroatoms. The summed E-state index contributed by atoms with van der Waals surface area (Å²) >= 11 is 0. The maximum absolute atomic E-state index is 4.34. The third-order valence-corrected chi connectivity index (χ3v) is 5.04. The molecule has 1 aliphatic heterocycles. The second-order valence-electron chi connectivity index (χ2n) is 6.79. The molecule has 0 amide bonds. The fourth-order valence-electron chi connectivity index (χ4n) is 3.26. The van der Waals surface area contributed by atoms with Gasteiger partial charge in [0.05, 0.1) is 0 Å². The van der Waals surface area contributed by atoms with Crippen molar-refractivity contribution in [1.29, 1.82) is 0 Å². The number of nitrogens with one attached hydrogen (secondary N) is 2. The number of hydrogen-bond donors (Lipinski definition) is 2. The van der Waals surface area contributed by atoms with Crippen LogP contribution < -0.4 is 10.6 Å². The predicted octanol–water partition coefficient (Wildman–Crippen LogP) is 2.43. The average molecular weight is 473 g/mol. The number of aliphatic imine (C=N–C) groups is 1. The fourth-order valence-corrected chi connectivity index (χ4v) is 3.26. The minimum Gasteiger partial charge on any atom is -0.356 e. The quantitative estimate of drug-likeness (QED) is 0.264. The van der Waals surface area contributed by atoms with Crippen molar-refractivity contribution >= 4 is 29.9 Å². The first-order valence-corrected chi connectivity index (χ1v) is 9.67. The summed E-state index contributed by atoms with van der Waals surface area (Å²) in [5.74, 6) is 0.909. The molecule has 1 atom stereocenters. The van der Waals surface area contributed by atoms with E-state index in [4.69, 9.17) is 0 Å². The highest BCUT2D eigenvalue weighted by molar-refractivity contribution is 14.0. The molecule has 5 nitrogen and oxygen atoms in total. The molecule has 1 aromatic carbocycles. The van der Waals surface area contributed by atoms with Crippen LogP contribution in [0.25, 0.3) is 0 Å². The standard InChI is InChI=1S/C20H35N5.HI/c1-4-24-13-15-25(16-14-24)18(2)17-23-20(21-3)22-12-8-11-19-9-6-5-7-10-19;/h5-7,9-10,18H,4,8,11-17H2,1-3H3,(H2,21,22,23);1H. The molecular weight excluding hydrogens is 437 g/mol. The lowest BCUT2D eigenvalue weighted by Gasteiger charge is -2.37. The molecule has 1 saturated heterocycles. The van der Waals surface area contributed by atoms with Gasteiger partial charge in [0.15, 0.2) is 5.96 Å². The van der Waals surface area contributed by atoms with E-state index in [0.29, 0.717) is 6.04 Å². The molecule has 0 aromatic heterocycles. The minimum atomic E-state index is 0. The van der Waals surface area contributed by atoms with E-state index in [2.05, 4.69) is 69.6 Å². The summed E-state index contributed by atoms with van der Waals surface area (Å²) < 4.78 is 0.